The molecule has 0 N–H and O–H groups in total. The maximum Gasteiger partial charge on any atom is 0.182 e. The zero-order valence-electron chi connectivity index (χ0n) is 11.8. The molecule has 0 aliphatic carbocycles. The lowest BCUT2D eigenvalue weighted by Crippen LogP contribution is -2.12. The van der Waals surface area contributed by atoms with Crippen molar-refractivity contribution in [3.8, 4) is 0 Å². The number of carbonyl (C=O) groups is 1. The molecule has 0 spiro atoms. The molecule has 0 bridgehead atoms. The SMILES string of the molecule is Cc1cc(C(=O)C(C)Cl)c(C)n1Cc1ccc(F)cc1. The standard InChI is InChI=1S/C16H17ClFNO/c1-10-8-15(16(20)11(2)17)12(3)19(10)9-13-4-6-14(18)7-5-13/h4-8,11H,9H2,1-3H3. The maximum absolute atomic E-state index is 12.9. The van der Waals surface area contributed by atoms with E-state index in [-0.39, 0.29) is 11.6 Å². The first-order valence-electron chi connectivity index (χ1n) is 6.49. The highest BCUT2D eigenvalue weighted by Gasteiger charge is 2.19. The molecule has 0 amide bonds. The molecule has 2 aromatic rings. The van der Waals surface area contributed by atoms with E-state index in [1.54, 1.807) is 19.1 Å². The summed E-state index contributed by atoms with van der Waals surface area (Å²) in [7, 11) is 0. The average Bonchev–Trinajstić information content (AvgIpc) is 2.68. The van der Waals surface area contributed by atoms with Gasteiger partial charge in [0.2, 0.25) is 0 Å². The second-order valence-corrected chi connectivity index (χ2v) is 5.63. The lowest BCUT2D eigenvalue weighted by Gasteiger charge is -2.10. The van der Waals surface area contributed by atoms with Crippen molar-refractivity contribution in [2.45, 2.75) is 32.7 Å². The average molecular weight is 294 g/mol. The van der Waals surface area contributed by atoms with E-state index in [2.05, 4.69) is 0 Å². The minimum atomic E-state index is -0.533. The van der Waals surface area contributed by atoms with Gasteiger partial charge >= 0.3 is 0 Å². The number of hydrogen-bond acceptors (Lipinski definition) is 1. The summed E-state index contributed by atoms with van der Waals surface area (Å²) in [6.45, 7) is 6.15. The Labute approximate surface area is 123 Å². The Morgan fingerprint density at radius 2 is 1.90 bits per heavy atom. The van der Waals surface area contributed by atoms with Crippen molar-refractivity contribution in [1.29, 1.82) is 0 Å². The van der Waals surface area contributed by atoms with E-state index in [1.165, 1.54) is 12.1 Å². The molecular formula is C16H17ClFNO. The second-order valence-electron chi connectivity index (χ2n) is 4.98. The molecule has 1 unspecified atom stereocenters. The van der Waals surface area contributed by atoms with Crippen molar-refractivity contribution >= 4 is 17.4 Å². The van der Waals surface area contributed by atoms with E-state index in [4.69, 9.17) is 11.6 Å². The van der Waals surface area contributed by atoms with E-state index in [9.17, 15) is 9.18 Å². The number of rotatable bonds is 4. The third kappa shape index (κ3) is 2.93. The van der Waals surface area contributed by atoms with Crippen LogP contribution in [0.25, 0.3) is 0 Å². The Bertz CT molecular complexity index is 629. The predicted molar refractivity (Wildman–Crippen MR) is 79.1 cm³/mol. The molecule has 0 radical (unpaired) electrons. The second kappa shape index (κ2) is 5.80. The van der Waals surface area contributed by atoms with Crippen LogP contribution in [0.4, 0.5) is 4.39 Å². The number of ketones is 1. The summed E-state index contributed by atoms with van der Waals surface area (Å²) in [6.07, 6.45) is 0. The van der Waals surface area contributed by atoms with Crippen molar-refractivity contribution in [3.63, 3.8) is 0 Å². The zero-order chi connectivity index (χ0) is 14.9. The largest absolute Gasteiger partial charge is 0.344 e. The maximum atomic E-state index is 12.9. The third-order valence-corrected chi connectivity index (χ3v) is 3.65. The van der Waals surface area contributed by atoms with E-state index < -0.39 is 5.38 Å². The Hall–Kier alpha value is -1.61. The molecule has 20 heavy (non-hydrogen) atoms. The van der Waals surface area contributed by atoms with Gasteiger partial charge in [-0.25, -0.2) is 4.39 Å². The van der Waals surface area contributed by atoms with Gasteiger partial charge in [-0.05, 0) is 44.5 Å². The molecule has 0 aliphatic heterocycles. The fraction of sp³-hybridized carbons (Fsp3) is 0.312. The van der Waals surface area contributed by atoms with Crippen LogP contribution in [0.1, 0.15) is 34.2 Å². The van der Waals surface area contributed by atoms with Crippen molar-refractivity contribution < 1.29 is 9.18 Å². The minimum absolute atomic E-state index is 0.0647. The first-order valence-corrected chi connectivity index (χ1v) is 6.93. The molecule has 2 rings (SSSR count). The number of aromatic nitrogens is 1. The van der Waals surface area contributed by atoms with Crippen LogP contribution < -0.4 is 0 Å². The van der Waals surface area contributed by atoms with Crippen molar-refractivity contribution in [2.75, 3.05) is 0 Å². The quantitative estimate of drug-likeness (QED) is 0.614. The molecule has 0 fully saturated rings. The highest BCUT2D eigenvalue weighted by Crippen LogP contribution is 2.20. The topological polar surface area (TPSA) is 22.0 Å². The van der Waals surface area contributed by atoms with Gasteiger partial charge in [-0.1, -0.05) is 12.1 Å². The van der Waals surface area contributed by atoms with Gasteiger partial charge in [-0.15, -0.1) is 11.6 Å². The number of aryl methyl sites for hydroxylation is 1. The van der Waals surface area contributed by atoms with E-state index in [0.717, 1.165) is 17.0 Å². The number of alkyl halides is 1. The van der Waals surface area contributed by atoms with Gasteiger partial charge in [0.15, 0.2) is 5.78 Å². The fourth-order valence-corrected chi connectivity index (χ4v) is 2.40. The van der Waals surface area contributed by atoms with Crippen LogP contribution in [-0.2, 0) is 6.54 Å². The van der Waals surface area contributed by atoms with Gasteiger partial charge in [0, 0.05) is 23.5 Å². The Morgan fingerprint density at radius 1 is 1.30 bits per heavy atom. The van der Waals surface area contributed by atoms with Gasteiger partial charge in [0.25, 0.3) is 0 Å². The molecular weight excluding hydrogens is 277 g/mol. The molecule has 1 heterocycles. The number of benzene rings is 1. The van der Waals surface area contributed by atoms with Crippen molar-refractivity contribution in [3.05, 3.63) is 58.7 Å². The number of halogens is 2. The minimum Gasteiger partial charge on any atom is -0.344 e. The molecule has 106 valence electrons. The van der Waals surface area contributed by atoms with Crippen LogP contribution in [0.5, 0.6) is 0 Å². The van der Waals surface area contributed by atoms with Gasteiger partial charge in [-0.2, -0.15) is 0 Å². The zero-order valence-corrected chi connectivity index (χ0v) is 12.5. The Morgan fingerprint density at radius 3 is 2.45 bits per heavy atom. The first-order chi connectivity index (χ1) is 9.40. The molecule has 2 nitrogen and oxygen atoms in total. The lowest BCUT2D eigenvalue weighted by atomic mass is 10.1. The van der Waals surface area contributed by atoms with Crippen LogP contribution in [0.2, 0.25) is 0 Å². The highest BCUT2D eigenvalue weighted by atomic mass is 35.5. The fourth-order valence-electron chi connectivity index (χ4n) is 2.28. The lowest BCUT2D eigenvalue weighted by molar-refractivity contribution is 0.0991. The number of Topliss-reactive ketones (excluding diaryl/α,β-unsaturated/α-hetero) is 1. The summed E-state index contributed by atoms with van der Waals surface area (Å²) < 4.78 is 15.0. The van der Waals surface area contributed by atoms with E-state index in [1.807, 2.05) is 24.5 Å². The molecule has 1 aromatic heterocycles. The van der Waals surface area contributed by atoms with Crippen LogP contribution in [-0.4, -0.2) is 15.7 Å². The third-order valence-electron chi connectivity index (χ3n) is 3.45. The molecule has 1 atom stereocenters. The van der Waals surface area contributed by atoms with Crippen LogP contribution in [0, 0.1) is 19.7 Å². The smallest absolute Gasteiger partial charge is 0.182 e. The van der Waals surface area contributed by atoms with E-state index in [0.29, 0.717) is 12.1 Å². The summed E-state index contributed by atoms with van der Waals surface area (Å²) in [4.78, 5) is 12.0. The van der Waals surface area contributed by atoms with Gasteiger partial charge in [-0.3, -0.25) is 4.79 Å². The molecule has 1 aromatic carbocycles. The molecule has 0 saturated heterocycles. The Kier molecular flexibility index (Phi) is 4.29. The number of nitrogens with zero attached hydrogens (tertiary/aromatic N) is 1. The molecule has 4 heteroatoms. The summed E-state index contributed by atoms with van der Waals surface area (Å²) in [5.41, 5.74) is 3.54. The number of hydrogen-bond donors (Lipinski definition) is 0. The monoisotopic (exact) mass is 293 g/mol. The summed E-state index contributed by atoms with van der Waals surface area (Å²) >= 11 is 5.87. The Balaban J connectivity index is 2.33. The van der Waals surface area contributed by atoms with Crippen molar-refractivity contribution in [2.24, 2.45) is 0 Å². The van der Waals surface area contributed by atoms with E-state index >= 15 is 0 Å². The predicted octanol–water partition coefficient (Wildman–Crippen LogP) is 4.10. The molecule has 0 aliphatic rings. The van der Waals surface area contributed by atoms with Crippen LogP contribution in [0.15, 0.2) is 30.3 Å². The number of carbonyl (C=O) groups excluding carboxylic acids is 1. The first kappa shape index (κ1) is 14.8. The summed E-state index contributed by atoms with van der Waals surface area (Å²) in [6, 6.07) is 8.24. The molecule has 0 saturated carbocycles. The van der Waals surface area contributed by atoms with Crippen LogP contribution >= 0.6 is 11.6 Å². The van der Waals surface area contributed by atoms with Gasteiger partial charge in [0.1, 0.15) is 5.82 Å². The summed E-state index contributed by atoms with van der Waals surface area (Å²) in [5.74, 6) is -0.313. The highest BCUT2D eigenvalue weighted by molar-refractivity contribution is 6.33. The van der Waals surface area contributed by atoms with Gasteiger partial charge < -0.3 is 4.57 Å². The van der Waals surface area contributed by atoms with Crippen LogP contribution in [0.3, 0.4) is 0 Å². The van der Waals surface area contributed by atoms with Crippen molar-refractivity contribution in [1.82, 2.24) is 4.57 Å². The van der Waals surface area contributed by atoms with Gasteiger partial charge in [0.05, 0.1) is 5.38 Å². The normalized spacial score (nSPS) is 12.4. The summed E-state index contributed by atoms with van der Waals surface area (Å²) in [5, 5.41) is -0.533.